The van der Waals surface area contributed by atoms with Crippen molar-refractivity contribution in [2.24, 2.45) is 30.4 Å². The summed E-state index contributed by atoms with van der Waals surface area (Å²) in [5.74, 6) is -5.64. The van der Waals surface area contributed by atoms with Gasteiger partial charge in [-0.25, -0.2) is 19.6 Å². The van der Waals surface area contributed by atoms with E-state index in [1.54, 1.807) is 133 Å². The van der Waals surface area contributed by atoms with E-state index in [0.29, 0.717) is 32.7 Å². The summed E-state index contributed by atoms with van der Waals surface area (Å²) in [4.78, 5) is 57.3. The van der Waals surface area contributed by atoms with Gasteiger partial charge in [-0.05, 0) is 95.7 Å². The van der Waals surface area contributed by atoms with Crippen LogP contribution in [-0.2, 0) is 17.4 Å². The number of rotatable bonds is 14. The van der Waals surface area contributed by atoms with Gasteiger partial charge in [0.1, 0.15) is 45.6 Å². The van der Waals surface area contributed by atoms with E-state index in [1.165, 1.54) is 72.8 Å². The summed E-state index contributed by atoms with van der Waals surface area (Å²) in [6.07, 6.45) is 0. The summed E-state index contributed by atoms with van der Waals surface area (Å²) in [5, 5.41) is 102. The van der Waals surface area contributed by atoms with Gasteiger partial charge in [0.15, 0.2) is 23.1 Å². The van der Waals surface area contributed by atoms with Gasteiger partial charge >= 0.3 is 101 Å². The molecule has 10 aromatic rings. The molecule has 0 aliphatic rings. The first-order valence-corrected chi connectivity index (χ1v) is 24.1. The number of aromatic carboxylic acids is 2. The molecule has 0 spiro atoms. The minimum absolute atomic E-state index is 0. The van der Waals surface area contributed by atoms with Crippen molar-refractivity contribution in [3.8, 4) is 23.0 Å². The summed E-state index contributed by atoms with van der Waals surface area (Å²) >= 11 is 0. The summed E-state index contributed by atoms with van der Waals surface area (Å²) in [7, 11) is 0. The standard InChI is InChI=1S/2C31H21N3O6.Cr.3Na/c2*35-26-17-20(28(36)22-12-6-7-13-23(22)31(39)40)14-15-24(26)33-34-27-21-11-5-4-10-19(21)16-25(29(27)37)32-30(38)18-8-2-1-3-9-18;;;;/h2*1-17,35,37H,(H,32,38)(H,39,40);;;;/q;;;3*+1. The molecule has 10 aromatic carbocycles. The number of carbonyl (C=O) groups is 4. The number of aliphatic imine (C=N–C) groups is 2. The molecular formula is C62H42CrN6Na3O12+3. The number of aliphatic hydroxyl groups is 2. The van der Waals surface area contributed by atoms with E-state index in [9.17, 15) is 60.0 Å². The maximum Gasteiger partial charge on any atom is 1.00 e. The van der Waals surface area contributed by atoms with E-state index >= 15 is 0 Å². The van der Waals surface area contributed by atoms with Gasteiger partial charge in [0.2, 0.25) is 11.8 Å². The van der Waals surface area contributed by atoms with Crippen molar-refractivity contribution in [3.05, 3.63) is 251 Å². The Kier molecular flexibility index (Phi) is 24.2. The van der Waals surface area contributed by atoms with Crippen molar-refractivity contribution in [1.82, 2.24) is 0 Å². The molecule has 0 amide bonds. The second-order valence-corrected chi connectivity index (χ2v) is 17.4. The molecule has 0 saturated heterocycles. The van der Waals surface area contributed by atoms with Crippen LogP contribution in [0.2, 0.25) is 0 Å². The van der Waals surface area contributed by atoms with Crippen LogP contribution in [0.5, 0.6) is 23.0 Å². The Morgan fingerprint density at radius 1 is 0.321 bits per heavy atom. The van der Waals surface area contributed by atoms with Crippen molar-refractivity contribution in [2.75, 3.05) is 0 Å². The van der Waals surface area contributed by atoms with Crippen molar-refractivity contribution >= 4 is 91.0 Å². The number of carboxylic acids is 2. The molecule has 8 N–H and O–H groups in total. The van der Waals surface area contributed by atoms with Crippen molar-refractivity contribution < 1.29 is 166 Å². The van der Waals surface area contributed by atoms with Crippen LogP contribution in [0, 0.1) is 0 Å². The fourth-order valence-electron chi connectivity index (χ4n) is 8.26. The quantitative estimate of drug-likeness (QED) is 0.0221. The number of hydrogen-bond acceptors (Lipinski definition) is 14. The third-order valence-corrected chi connectivity index (χ3v) is 12.3. The first-order valence-electron chi connectivity index (χ1n) is 24.1. The monoisotopic (exact) mass is 1180 g/mol. The van der Waals surface area contributed by atoms with Gasteiger partial charge in [-0.1, -0.05) is 121 Å². The van der Waals surface area contributed by atoms with Crippen LogP contribution in [0.3, 0.4) is 0 Å². The molecule has 398 valence electrons. The summed E-state index contributed by atoms with van der Waals surface area (Å²) in [6, 6.07) is 54.1. The molecule has 0 saturated carbocycles. The Labute approximate surface area is 555 Å². The number of azo groups is 2. The Bertz CT molecular complexity index is 3960. The second kappa shape index (κ2) is 30.4. The minimum atomic E-state index is -1.24. The van der Waals surface area contributed by atoms with Crippen LogP contribution in [0.1, 0.15) is 63.7 Å². The molecule has 0 fully saturated rings. The molecule has 0 radical (unpaired) electrons. The summed E-state index contributed by atoms with van der Waals surface area (Å²) in [5.41, 5.74) is 0.975. The normalized spacial score (nSPS) is 11.1. The molecule has 18 nitrogen and oxygen atoms in total. The van der Waals surface area contributed by atoms with Crippen molar-refractivity contribution in [1.29, 1.82) is 0 Å². The van der Waals surface area contributed by atoms with Gasteiger partial charge < -0.3 is 40.9 Å². The number of aliphatic hydroxyl groups excluding tert-OH is 2. The molecule has 10 rings (SSSR count). The maximum atomic E-state index is 12.9. The van der Waals surface area contributed by atoms with E-state index in [1.807, 2.05) is 0 Å². The number of phenols is 4. The van der Waals surface area contributed by atoms with E-state index in [0.717, 1.165) is 0 Å². The van der Waals surface area contributed by atoms with Crippen molar-refractivity contribution in [3.63, 3.8) is 0 Å². The van der Waals surface area contributed by atoms with Gasteiger partial charge in [0, 0.05) is 61.5 Å². The smallest absolute Gasteiger partial charge is 0.506 e. The number of benzene rings is 10. The molecule has 0 bridgehead atoms. The first-order chi connectivity index (χ1) is 38.7. The molecule has 0 aromatic heterocycles. The number of hydrogen-bond donors (Lipinski definition) is 8. The SMILES string of the molecule is O=C(O)c1ccccc1C(=O)c1ccc(N=Nc2c(O)c(N=C(O)c3ccccc3)cc3ccccc23)c(O)c1.O=C(O)c1ccccc1C(=O)c1ccc(N=Nc2c(O)c(N=C(O)c3ccccc3)cc3ccccc23)c(O)c1.[Cr].[Na+].[Na+].[Na+]. The second-order valence-electron chi connectivity index (χ2n) is 17.4. The van der Waals surface area contributed by atoms with Gasteiger partial charge in [-0.2, -0.15) is 0 Å². The van der Waals surface area contributed by atoms with Crippen LogP contribution in [-0.4, -0.2) is 76.2 Å². The predicted octanol–water partition coefficient (Wildman–Crippen LogP) is 5.47. The Balaban J connectivity index is 0.000000293. The first kappa shape index (κ1) is 66.7. The molecule has 0 heterocycles. The van der Waals surface area contributed by atoms with Crippen molar-refractivity contribution in [2.45, 2.75) is 0 Å². The number of carboxylic acid groups (broad SMARTS) is 2. The minimum Gasteiger partial charge on any atom is -0.506 e. The van der Waals surface area contributed by atoms with Crippen LogP contribution in [0.4, 0.5) is 34.1 Å². The van der Waals surface area contributed by atoms with Gasteiger partial charge in [-0.3, -0.25) is 9.59 Å². The van der Waals surface area contributed by atoms with Crippen LogP contribution in [0.15, 0.2) is 237 Å². The molecule has 84 heavy (non-hydrogen) atoms. The van der Waals surface area contributed by atoms with Crippen LogP contribution in [0.25, 0.3) is 21.5 Å². The Morgan fingerprint density at radius 3 is 0.988 bits per heavy atom. The topological polar surface area (TPSA) is 304 Å². The average Bonchev–Trinajstić information content (AvgIpc) is 3.55. The molecule has 0 aliphatic carbocycles. The van der Waals surface area contributed by atoms with Gasteiger partial charge in [-0.15, -0.1) is 20.5 Å². The zero-order valence-corrected chi connectivity index (χ0v) is 52.2. The van der Waals surface area contributed by atoms with E-state index in [4.69, 9.17) is 0 Å². The zero-order valence-electron chi connectivity index (χ0n) is 44.9. The van der Waals surface area contributed by atoms with E-state index in [2.05, 4.69) is 30.4 Å². The zero-order chi connectivity index (χ0) is 56.5. The number of aromatic hydroxyl groups is 4. The van der Waals surface area contributed by atoms with E-state index in [-0.39, 0.29) is 208 Å². The average molecular weight is 1180 g/mol. The van der Waals surface area contributed by atoms with Gasteiger partial charge in [0.25, 0.3) is 0 Å². The number of fused-ring (bicyclic) bond motifs is 2. The molecule has 22 heteroatoms. The fourth-order valence-corrected chi connectivity index (χ4v) is 8.26. The number of phenolic OH excluding ortho intramolecular Hbond substituents is 4. The summed E-state index contributed by atoms with van der Waals surface area (Å²) in [6.45, 7) is 0. The largest absolute Gasteiger partial charge is 1.00 e. The van der Waals surface area contributed by atoms with Crippen LogP contribution >= 0.6 is 0 Å². The summed E-state index contributed by atoms with van der Waals surface area (Å²) < 4.78 is 0. The number of carbonyl (C=O) groups excluding carboxylic acids is 2. The van der Waals surface area contributed by atoms with Gasteiger partial charge in [0.05, 0.1) is 11.1 Å². The molecule has 0 unspecified atom stereocenters. The third kappa shape index (κ3) is 15.3. The van der Waals surface area contributed by atoms with Crippen LogP contribution < -0.4 is 88.7 Å². The Hall–Kier alpha value is -8.13. The molecular weight excluding hydrogens is 1140 g/mol. The Morgan fingerprint density at radius 2 is 0.643 bits per heavy atom. The number of nitrogens with zero attached hydrogens (tertiary/aromatic N) is 6. The predicted molar refractivity (Wildman–Crippen MR) is 300 cm³/mol. The number of ketones is 2. The maximum absolute atomic E-state index is 12.9. The fraction of sp³-hybridized carbons (Fsp3) is 0. The van der Waals surface area contributed by atoms with E-state index < -0.39 is 23.5 Å². The molecule has 0 atom stereocenters. The molecule has 0 aliphatic heterocycles. The third-order valence-electron chi connectivity index (χ3n) is 12.3.